The number of unbranched alkanes of at least 4 members (excludes halogenated alkanes) is 3. The van der Waals surface area contributed by atoms with Gasteiger partial charge < -0.3 is 4.43 Å². The predicted molar refractivity (Wildman–Crippen MR) is 98.2 cm³/mol. The van der Waals surface area contributed by atoms with Crippen LogP contribution in [0.2, 0.25) is 0 Å². The average Bonchev–Trinajstić information content (AvgIpc) is 2.60. The molecule has 0 unspecified atom stereocenters. The minimum Gasteiger partial charge on any atom is -0.405 e. The molecule has 2 heteroatoms. The van der Waals surface area contributed by atoms with E-state index in [2.05, 4.69) is 79.9 Å². The third-order valence-corrected chi connectivity index (χ3v) is 7.64. The molecule has 0 radical (unpaired) electrons. The topological polar surface area (TPSA) is 9.23 Å². The normalized spacial score (nSPS) is 11.3. The molecule has 0 amide bonds. The number of rotatable bonds is 9. The molecule has 2 aromatic carbocycles. The van der Waals surface area contributed by atoms with E-state index >= 15 is 0 Å². The molecule has 0 heterocycles. The van der Waals surface area contributed by atoms with Crippen LogP contribution in [-0.4, -0.2) is 14.9 Å². The molecule has 0 fully saturated rings. The standard InChI is InChI=1S/C20H26OSi/c1-3-5-6-13-18-21-22(4-2,19-14-9-7-10-15-19)20-16-11-8-12-17-20/h4,7-12,14-17H,2-3,5-6,13,18H2,1H3. The van der Waals surface area contributed by atoms with Crippen molar-refractivity contribution >= 4 is 18.7 Å². The first-order valence-electron chi connectivity index (χ1n) is 8.22. The van der Waals surface area contributed by atoms with E-state index in [9.17, 15) is 0 Å². The molecule has 0 bridgehead atoms. The molecule has 0 saturated heterocycles. The van der Waals surface area contributed by atoms with Crippen molar-refractivity contribution in [3.05, 3.63) is 72.9 Å². The molecule has 0 N–H and O–H groups in total. The summed E-state index contributed by atoms with van der Waals surface area (Å²) in [7, 11) is -2.32. The lowest BCUT2D eigenvalue weighted by Crippen LogP contribution is -2.59. The van der Waals surface area contributed by atoms with Crippen LogP contribution >= 0.6 is 0 Å². The van der Waals surface area contributed by atoms with Crippen LogP contribution in [0, 0.1) is 0 Å². The van der Waals surface area contributed by atoms with Gasteiger partial charge in [-0.25, -0.2) is 0 Å². The third-order valence-electron chi connectivity index (χ3n) is 4.02. The second-order valence-corrected chi connectivity index (χ2v) is 8.90. The summed E-state index contributed by atoms with van der Waals surface area (Å²) in [5, 5.41) is 2.54. The maximum absolute atomic E-state index is 6.52. The van der Waals surface area contributed by atoms with Gasteiger partial charge in [0.05, 0.1) is 0 Å². The van der Waals surface area contributed by atoms with Gasteiger partial charge in [0.15, 0.2) is 0 Å². The van der Waals surface area contributed by atoms with Gasteiger partial charge in [-0.1, -0.05) is 92.5 Å². The molecular formula is C20H26OSi. The largest absolute Gasteiger partial charge is 0.405 e. The maximum Gasteiger partial charge on any atom is 0.280 e. The lowest BCUT2D eigenvalue weighted by atomic mass is 10.2. The molecule has 0 spiro atoms. The van der Waals surface area contributed by atoms with Crippen LogP contribution in [0.3, 0.4) is 0 Å². The molecule has 22 heavy (non-hydrogen) atoms. The Hall–Kier alpha value is -1.64. The highest BCUT2D eigenvalue weighted by Crippen LogP contribution is 2.11. The number of benzene rings is 2. The van der Waals surface area contributed by atoms with Gasteiger partial charge in [0.2, 0.25) is 0 Å². The Labute approximate surface area is 135 Å². The molecular weight excluding hydrogens is 284 g/mol. The summed E-state index contributed by atoms with van der Waals surface area (Å²) < 4.78 is 6.52. The van der Waals surface area contributed by atoms with Crippen molar-refractivity contribution in [2.75, 3.05) is 6.61 Å². The molecule has 1 nitrogen and oxygen atoms in total. The Morgan fingerprint density at radius 3 is 1.86 bits per heavy atom. The Morgan fingerprint density at radius 1 is 0.864 bits per heavy atom. The minimum absolute atomic E-state index is 0.808. The highest BCUT2D eigenvalue weighted by molar-refractivity contribution is 7.01. The maximum atomic E-state index is 6.52. The molecule has 0 saturated carbocycles. The van der Waals surface area contributed by atoms with E-state index in [1.54, 1.807) is 0 Å². The summed E-state index contributed by atoms with van der Waals surface area (Å²) in [4.78, 5) is 0. The van der Waals surface area contributed by atoms with Gasteiger partial charge in [-0.15, -0.1) is 6.58 Å². The van der Waals surface area contributed by atoms with E-state index < -0.39 is 8.32 Å². The fraction of sp³-hybridized carbons (Fsp3) is 0.300. The van der Waals surface area contributed by atoms with E-state index in [0.717, 1.165) is 13.0 Å². The summed E-state index contributed by atoms with van der Waals surface area (Å²) in [6.45, 7) is 7.18. The van der Waals surface area contributed by atoms with Crippen LogP contribution in [0.4, 0.5) is 0 Å². The fourth-order valence-corrected chi connectivity index (χ4v) is 5.86. The molecule has 0 aliphatic rings. The van der Waals surface area contributed by atoms with Crippen LogP contribution in [0.15, 0.2) is 72.9 Å². The zero-order chi connectivity index (χ0) is 15.7. The fourth-order valence-electron chi connectivity index (χ4n) is 2.76. The Balaban J connectivity index is 2.25. The first-order valence-corrected chi connectivity index (χ1v) is 10.2. The summed E-state index contributed by atoms with van der Waals surface area (Å²) in [5.41, 5.74) is 2.07. The predicted octanol–water partition coefficient (Wildman–Crippen LogP) is 4.07. The van der Waals surface area contributed by atoms with Crippen molar-refractivity contribution in [3.8, 4) is 0 Å². The van der Waals surface area contributed by atoms with E-state index in [1.165, 1.54) is 29.6 Å². The van der Waals surface area contributed by atoms with Gasteiger partial charge in [-0.3, -0.25) is 0 Å². The smallest absolute Gasteiger partial charge is 0.280 e. The summed E-state index contributed by atoms with van der Waals surface area (Å²) in [6.07, 6.45) is 4.89. The Bertz CT molecular complexity index is 511. The Kier molecular flexibility index (Phi) is 6.62. The first kappa shape index (κ1) is 16.7. The van der Waals surface area contributed by atoms with Crippen molar-refractivity contribution in [3.63, 3.8) is 0 Å². The van der Waals surface area contributed by atoms with Gasteiger partial charge in [0.1, 0.15) is 0 Å². The monoisotopic (exact) mass is 310 g/mol. The van der Waals surface area contributed by atoms with Crippen LogP contribution in [0.25, 0.3) is 0 Å². The van der Waals surface area contributed by atoms with Gasteiger partial charge in [-0.05, 0) is 16.8 Å². The van der Waals surface area contributed by atoms with E-state index in [1.807, 2.05) is 0 Å². The van der Waals surface area contributed by atoms with Gasteiger partial charge in [0.25, 0.3) is 8.32 Å². The summed E-state index contributed by atoms with van der Waals surface area (Å²) in [5.74, 6) is 0. The van der Waals surface area contributed by atoms with Gasteiger partial charge >= 0.3 is 0 Å². The quantitative estimate of drug-likeness (QED) is 0.501. The van der Waals surface area contributed by atoms with Crippen molar-refractivity contribution < 1.29 is 4.43 Å². The highest BCUT2D eigenvalue weighted by atomic mass is 28.4. The minimum atomic E-state index is -2.32. The molecule has 2 aromatic rings. The molecule has 0 aliphatic heterocycles. The Morgan fingerprint density at radius 2 is 1.41 bits per heavy atom. The second kappa shape index (κ2) is 8.72. The summed E-state index contributed by atoms with van der Waals surface area (Å²) >= 11 is 0. The lowest BCUT2D eigenvalue weighted by molar-refractivity contribution is 0.309. The number of hydrogen-bond acceptors (Lipinski definition) is 1. The van der Waals surface area contributed by atoms with Crippen molar-refractivity contribution in [2.45, 2.75) is 32.6 Å². The zero-order valence-electron chi connectivity index (χ0n) is 13.5. The van der Waals surface area contributed by atoms with E-state index in [0.29, 0.717) is 0 Å². The van der Waals surface area contributed by atoms with Crippen molar-refractivity contribution in [2.24, 2.45) is 0 Å². The van der Waals surface area contributed by atoms with E-state index in [4.69, 9.17) is 4.43 Å². The zero-order valence-corrected chi connectivity index (χ0v) is 14.5. The molecule has 2 rings (SSSR count). The molecule has 116 valence electrons. The molecule has 0 aromatic heterocycles. The van der Waals surface area contributed by atoms with Crippen LogP contribution in [-0.2, 0) is 4.43 Å². The van der Waals surface area contributed by atoms with Crippen molar-refractivity contribution in [1.82, 2.24) is 0 Å². The molecule has 0 atom stereocenters. The highest BCUT2D eigenvalue weighted by Gasteiger charge is 2.36. The van der Waals surface area contributed by atoms with Gasteiger partial charge in [0, 0.05) is 6.61 Å². The number of hydrogen-bond donors (Lipinski definition) is 0. The average molecular weight is 311 g/mol. The third kappa shape index (κ3) is 3.96. The van der Waals surface area contributed by atoms with Crippen LogP contribution in [0.1, 0.15) is 32.6 Å². The lowest BCUT2D eigenvalue weighted by Gasteiger charge is -2.29. The summed E-state index contributed by atoms with van der Waals surface area (Å²) in [6, 6.07) is 21.2. The SMILES string of the molecule is C=C[Si](OCCCCCC)(c1ccccc1)c1ccccc1. The van der Waals surface area contributed by atoms with Crippen LogP contribution < -0.4 is 10.4 Å². The van der Waals surface area contributed by atoms with Crippen LogP contribution in [0.5, 0.6) is 0 Å². The first-order chi connectivity index (χ1) is 10.8. The second-order valence-electron chi connectivity index (χ2n) is 5.58. The van der Waals surface area contributed by atoms with E-state index in [-0.39, 0.29) is 0 Å². The molecule has 0 aliphatic carbocycles. The van der Waals surface area contributed by atoms with Crippen molar-refractivity contribution in [1.29, 1.82) is 0 Å². The van der Waals surface area contributed by atoms with Gasteiger partial charge in [-0.2, -0.15) is 0 Å².